The van der Waals surface area contributed by atoms with Crippen LogP contribution in [0.4, 0.5) is 0 Å². The van der Waals surface area contributed by atoms with Crippen LogP contribution < -0.4 is 4.74 Å². The Morgan fingerprint density at radius 1 is 1.30 bits per heavy atom. The van der Waals surface area contributed by atoms with Crippen LogP contribution in [0.3, 0.4) is 0 Å². The molecule has 0 radical (unpaired) electrons. The summed E-state index contributed by atoms with van der Waals surface area (Å²) in [6.07, 6.45) is 0.773. The van der Waals surface area contributed by atoms with E-state index < -0.39 is 0 Å². The van der Waals surface area contributed by atoms with Gasteiger partial charge in [-0.2, -0.15) is 0 Å². The number of alkyl halides is 1. The molecule has 1 atom stereocenters. The minimum absolute atomic E-state index is 0.0472. The summed E-state index contributed by atoms with van der Waals surface area (Å²) in [6, 6.07) is 3.57. The Balaban J connectivity index is 2.31. The van der Waals surface area contributed by atoms with E-state index in [4.69, 9.17) is 32.7 Å². The summed E-state index contributed by atoms with van der Waals surface area (Å²) in [5.41, 5.74) is 0.403. The molecule has 112 valence electrons. The smallest absolute Gasteiger partial charge is 0.142 e. The highest BCUT2D eigenvalue weighted by atomic mass is 79.9. The van der Waals surface area contributed by atoms with Crippen LogP contribution in [0.25, 0.3) is 0 Å². The maximum absolute atomic E-state index is 6.28. The second-order valence-corrected chi connectivity index (χ2v) is 7.69. The van der Waals surface area contributed by atoms with Crippen LogP contribution in [0.5, 0.6) is 5.75 Å². The average Bonchev–Trinajstić information content (AvgIpc) is 2.49. The van der Waals surface area contributed by atoms with Gasteiger partial charge in [-0.25, -0.2) is 0 Å². The van der Waals surface area contributed by atoms with Gasteiger partial charge < -0.3 is 9.47 Å². The van der Waals surface area contributed by atoms with Crippen LogP contribution in [0.2, 0.25) is 10.0 Å². The summed E-state index contributed by atoms with van der Waals surface area (Å²) in [7, 11) is 0. The lowest BCUT2D eigenvalue weighted by Crippen LogP contribution is -2.37. The first kappa shape index (κ1) is 16.4. The second kappa shape index (κ2) is 5.68. The van der Waals surface area contributed by atoms with Crippen molar-refractivity contribution in [2.45, 2.75) is 56.8 Å². The first-order valence-corrected chi connectivity index (χ1v) is 8.43. The lowest BCUT2D eigenvalue weighted by atomic mass is 9.97. The molecular formula is C15H19BrCl2O2. The van der Waals surface area contributed by atoms with E-state index in [-0.39, 0.29) is 17.3 Å². The summed E-state index contributed by atoms with van der Waals surface area (Å²) < 4.78 is 12.2. The quantitative estimate of drug-likeness (QED) is 0.633. The maximum atomic E-state index is 6.28. The third kappa shape index (κ3) is 3.44. The molecule has 1 saturated heterocycles. The molecule has 0 amide bonds. The van der Waals surface area contributed by atoms with Crippen molar-refractivity contribution in [3.63, 3.8) is 0 Å². The van der Waals surface area contributed by atoms with E-state index in [0.29, 0.717) is 21.1 Å². The van der Waals surface area contributed by atoms with Crippen molar-refractivity contribution in [3.8, 4) is 5.75 Å². The molecule has 1 heterocycles. The molecule has 0 bridgehead atoms. The van der Waals surface area contributed by atoms with Crippen LogP contribution in [-0.2, 0) is 10.1 Å². The van der Waals surface area contributed by atoms with E-state index in [9.17, 15) is 0 Å². The zero-order valence-electron chi connectivity index (χ0n) is 12.1. The van der Waals surface area contributed by atoms with Crippen molar-refractivity contribution in [3.05, 3.63) is 27.7 Å². The lowest BCUT2D eigenvalue weighted by molar-refractivity contribution is -0.0846. The Morgan fingerprint density at radius 3 is 2.45 bits per heavy atom. The largest absolute Gasteiger partial charge is 0.485 e. The van der Waals surface area contributed by atoms with Crippen LogP contribution in [0.15, 0.2) is 12.1 Å². The van der Waals surface area contributed by atoms with Crippen molar-refractivity contribution < 1.29 is 9.47 Å². The van der Waals surface area contributed by atoms with E-state index in [2.05, 4.69) is 29.8 Å². The summed E-state index contributed by atoms with van der Waals surface area (Å²) in [5, 5.41) is 1.78. The number of benzene rings is 1. The molecule has 1 aliphatic rings. The SMILES string of the molecule is CC1(C)CC(Oc2c(Cl)cc(Cl)cc2CBr)C(C)(C)O1. The van der Waals surface area contributed by atoms with E-state index in [1.165, 1.54) is 0 Å². The fourth-order valence-corrected chi connectivity index (χ4v) is 3.68. The molecule has 5 heteroatoms. The molecule has 2 rings (SSSR count). The van der Waals surface area contributed by atoms with Crippen LogP contribution in [-0.4, -0.2) is 17.3 Å². The van der Waals surface area contributed by atoms with Gasteiger partial charge in [0, 0.05) is 22.3 Å². The molecule has 1 aromatic rings. The molecule has 20 heavy (non-hydrogen) atoms. The molecule has 1 aromatic carbocycles. The van der Waals surface area contributed by atoms with Gasteiger partial charge >= 0.3 is 0 Å². The Bertz CT molecular complexity index is 515. The van der Waals surface area contributed by atoms with Crippen LogP contribution in [0.1, 0.15) is 39.7 Å². The normalized spacial score (nSPS) is 23.9. The molecular weight excluding hydrogens is 363 g/mol. The third-order valence-electron chi connectivity index (χ3n) is 3.48. The van der Waals surface area contributed by atoms with Crippen molar-refractivity contribution in [1.82, 2.24) is 0 Å². The highest BCUT2D eigenvalue weighted by molar-refractivity contribution is 9.08. The van der Waals surface area contributed by atoms with Crippen molar-refractivity contribution in [1.29, 1.82) is 0 Å². The molecule has 2 nitrogen and oxygen atoms in total. The van der Waals surface area contributed by atoms with Crippen LogP contribution >= 0.6 is 39.1 Å². The van der Waals surface area contributed by atoms with Gasteiger partial charge in [-0.1, -0.05) is 39.1 Å². The van der Waals surface area contributed by atoms with Gasteiger partial charge in [0.25, 0.3) is 0 Å². The summed E-state index contributed by atoms with van der Waals surface area (Å²) in [5.74, 6) is 0.687. The monoisotopic (exact) mass is 380 g/mol. The van der Waals surface area contributed by atoms with Gasteiger partial charge in [0.15, 0.2) is 0 Å². The topological polar surface area (TPSA) is 18.5 Å². The second-order valence-electron chi connectivity index (χ2n) is 6.29. The Morgan fingerprint density at radius 2 is 1.95 bits per heavy atom. The zero-order chi connectivity index (χ0) is 15.1. The van der Waals surface area contributed by atoms with Gasteiger partial charge in [-0.05, 0) is 39.8 Å². The van der Waals surface area contributed by atoms with Gasteiger partial charge in [0.1, 0.15) is 17.5 Å². The van der Waals surface area contributed by atoms with Gasteiger partial charge in [-0.15, -0.1) is 0 Å². The van der Waals surface area contributed by atoms with Gasteiger partial charge in [-0.3, -0.25) is 0 Å². The summed E-state index contributed by atoms with van der Waals surface area (Å²) in [6.45, 7) is 8.24. The molecule has 0 saturated carbocycles. The molecule has 0 spiro atoms. The number of halogens is 3. The molecule has 0 N–H and O–H groups in total. The number of hydrogen-bond acceptors (Lipinski definition) is 2. The van der Waals surface area contributed by atoms with Gasteiger partial charge in [0.2, 0.25) is 0 Å². The minimum Gasteiger partial charge on any atom is -0.485 e. The fraction of sp³-hybridized carbons (Fsp3) is 0.600. The summed E-state index contributed by atoms with van der Waals surface area (Å²) in [4.78, 5) is 0. The predicted octanol–water partition coefficient (Wildman–Crippen LogP) is 5.61. The van der Waals surface area contributed by atoms with E-state index in [1.807, 2.05) is 19.9 Å². The Labute approximate surface area is 138 Å². The fourth-order valence-electron chi connectivity index (χ4n) is 2.68. The minimum atomic E-state index is -0.351. The van der Waals surface area contributed by atoms with Crippen molar-refractivity contribution in [2.75, 3.05) is 0 Å². The highest BCUT2D eigenvalue weighted by Crippen LogP contribution is 2.42. The van der Waals surface area contributed by atoms with Crippen molar-refractivity contribution >= 4 is 39.1 Å². The first-order chi connectivity index (χ1) is 9.14. The molecule has 0 aliphatic carbocycles. The van der Waals surface area contributed by atoms with Crippen molar-refractivity contribution in [2.24, 2.45) is 0 Å². The van der Waals surface area contributed by atoms with Crippen LogP contribution in [0, 0.1) is 0 Å². The molecule has 1 fully saturated rings. The number of ether oxygens (including phenoxy) is 2. The standard InChI is InChI=1S/C15H19BrCl2O2/c1-14(2)7-12(15(3,4)20-14)19-13-9(8-16)5-10(17)6-11(13)18/h5-6,12H,7-8H2,1-4H3. The Hall–Kier alpha value is 0.0400. The molecule has 1 unspecified atom stereocenters. The first-order valence-electron chi connectivity index (χ1n) is 6.55. The summed E-state index contributed by atoms with van der Waals surface area (Å²) >= 11 is 15.8. The number of hydrogen-bond donors (Lipinski definition) is 0. The van der Waals surface area contributed by atoms with E-state index >= 15 is 0 Å². The third-order valence-corrected chi connectivity index (χ3v) is 4.58. The lowest BCUT2D eigenvalue weighted by Gasteiger charge is -2.28. The maximum Gasteiger partial charge on any atom is 0.142 e. The number of rotatable bonds is 3. The average molecular weight is 382 g/mol. The van der Waals surface area contributed by atoms with Gasteiger partial charge in [0.05, 0.1) is 10.6 Å². The molecule has 1 aliphatic heterocycles. The Kier molecular flexibility index (Phi) is 4.66. The predicted molar refractivity (Wildman–Crippen MR) is 87.4 cm³/mol. The van der Waals surface area contributed by atoms with E-state index in [0.717, 1.165) is 12.0 Å². The highest BCUT2D eigenvalue weighted by Gasteiger charge is 2.47. The van der Waals surface area contributed by atoms with E-state index in [1.54, 1.807) is 6.07 Å². The zero-order valence-corrected chi connectivity index (χ0v) is 15.2. The molecule has 0 aromatic heterocycles.